The van der Waals surface area contributed by atoms with Gasteiger partial charge < -0.3 is 9.42 Å². The number of nitrogens with zero attached hydrogens (tertiary/aromatic N) is 2. The molecule has 1 amide bonds. The standard InChI is InChI=1S/C21H20N2O2/c1-13-19(14(2)25-22-13)15-10-11-17-18(12-15)21(3,23(4)20(17)24)16-8-6-5-7-9-16/h5-12H,1-4H3/t21-/m1/s1. The van der Waals surface area contributed by atoms with Crippen LogP contribution in [0.2, 0.25) is 0 Å². The number of rotatable bonds is 2. The number of aromatic nitrogens is 1. The lowest BCUT2D eigenvalue weighted by Crippen LogP contribution is -2.39. The van der Waals surface area contributed by atoms with Crippen molar-refractivity contribution in [3.8, 4) is 11.1 Å². The van der Waals surface area contributed by atoms with Crippen molar-refractivity contribution in [1.82, 2.24) is 10.1 Å². The minimum atomic E-state index is -0.497. The number of hydrogen-bond acceptors (Lipinski definition) is 3. The van der Waals surface area contributed by atoms with E-state index in [9.17, 15) is 4.79 Å². The highest BCUT2D eigenvalue weighted by Crippen LogP contribution is 2.44. The van der Waals surface area contributed by atoms with E-state index in [0.29, 0.717) is 0 Å². The van der Waals surface area contributed by atoms with Gasteiger partial charge in [-0.1, -0.05) is 41.6 Å². The van der Waals surface area contributed by atoms with E-state index < -0.39 is 5.54 Å². The number of carbonyl (C=O) groups is 1. The molecule has 0 saturated heterocycles. The summed E-state index contributed by atoms with van der Waals surface area (Å²) in [7, 11) is 1.87. The lowest BCUT2D eigenvalue weighted by molar-refractivity contribution is 0.0716. The van der Waals surface area contributed by atoms with Crippen LogP contribution in [0.25, 0.3) is 11.1 Å². The molecule has 0 bridgehead atoms. The van der Waals surface area contributed by atoms with Crippen LogP contribution in [-0.2, 0) is 5.54 Å². The summed E-state index contributed by atoms with van der Waals surface area (Å²) >= 11 is 0. The molecule has 0 spiro atoms. The summed E-state index contributed by atoms with van der Waals surface area (Å²) in [5.74, 6) is 0.836. The molecule has 25 heavy (non-hydrogen) atoms. The highest BCUT2D eigenvalue weighted by molar-refractivity contribution is 6.01. The van der Waals surface area contributed by atoms with Crippen LogP contribution >= 0.6 is 0 Å². The Labute approximate surface area is 147 Å². The molecule has 3 aromatic rings. The Bertz CT molecular complexity index is 955. The first-order valence-electron chi connectivity index (χ1n) is 8.36. The maximum Gasteiger partial charge on any atom is 0.254 e. The normalized spacial score (nSPS) is 19.4. The maximum absolute atomic E-state index is 12.8. The van der Waals surface area contributed by atoms with Crippen molar-refractivity contribution in [3.05, 3.63) is 76.7 Å². The molecule has 4 rings (SSSR count). The molecule has 1 aromatic heterocycles. The van der Waals surface area contributed by atoms with Crippen molar-refractivity contribution in [3.63, 3.8) is 0 Å². The number of fused-ring (bicyclic) bond motifs is 1. The van der Waals surface area contributed by atoms with Crippen molar-refractivity contribution in [2.24, 2.45) is 0 Å². The molecule has 0 unspecified atom stereocenters. The van der Waals surface area contributed by atoms with Crippen molar-refractivity contribution in [2.75, 3.05) is 7.05 Å². The highest BCUT2D eigenvalue weighted by atomic mass is 16.5. The molecular weight excluding hydrogens is 312 g/mol. The highest BCUT2D eigenvalue weighted by Gasteiger charge is 2.45. The zero-order valence-electron chi connectivity index (χ0n) is 14.8. The molecule has 0 N–H and O–H groups in total. The quantitative estimate of drug-likeness (QED) is 0.702. The number of aryl methyl sites for hydroxylation is 2. The van der Waals surface area contributed by atoms with E-state index in [1.807, 2.05) is 56.1 Å². The van der Waals surface area contributed by atoms with Gasteiger partial charge in [0.05, 0.1) is 11.2 Å². The van der Waals surface area contributed by atoms with Crippen LogP contribution in [0, 0.1) is 13.8 Å². The van der Waals surface area contributed by atoms with E-state index in [4.69, 9.17) is 4.52 Å². The van der Waals surface area contributed by atoms with Crippen LogP contribution in [0.15, 0.2) is 53.1 Å². The van der Waals surface area contributed by atoms with E-state index in [0.717, 1.165) is 39.3 Å². The summed E-state index contributed by atoms with van der Waals surface area (Å²) in [6.45, 7) is 5.95. The largest absolute Gasteiger partial charge is 0.361 e. The van der Waals surface area contributed by atoms with Crippen molar-refractivity contribution >= 4 is 5.91 Å². The molecule has 4 heteroatoms. The second-order valence-corrected chi connectivity index (χ2v) is 6.76. The SMILES string of the molecule is Cc1noc(C)c1-c1ccc2c(c1)[C@@](C)(c1ccccc1)N(C)C2=O. The first kappa shape index (κ1) is 15.6. The molecular formula is C21H20N2O2. The minimum Gasteiger partial charge on any atom is -0.361 e. The molecule has 4 nitrogen and oxygen atoms in total. The first-order valence-corrected chi connectivity index (χ1v) is 8.36. The molecule has 0 fully saturated rings. The summed E-state index contributed by atoms with van der Waals surface area (Å²) in [6, 6.07) is 16.2. The third-order valence-corrected chi connectivity index (χ3v) is 5.41. The number of amides is 1. The van der Waals surface area contributed by atoms with Crippen molar-refractivity contribution in [2.45, 2.75) is 26.3 Å². The number of hydrogen-bond donors (Lipinski definition) is 0. The third kappa shape index (κ3) is 2.07. The fraction of sp³-hybridized carbons (Fsp3) is 0.238. The Morgan fingerprint density at radius 1 is 1.08 bits per heavy atom. The molecule has 0 radical (unpaired) electrons. The first-order chi connectivity index (χ1) is 11.9. The second kappa shape index (κ2) is 5.31. The van der Waals surface area contributed by atoms with E-state index in [2.05, 4.69) is 30.3 Å². The topological polar surface area (TPSA) is 46.3 Å². The molecule has 2 aromatic carbocycles. The van der Waals surface area contributed by atoms with Gasteiger partial charge in [-0.15, -0.1) is 0 Å². The van der Waals surface area contributed by atoms with Gasteiger partial charge in [-0.2, -0.15) is 0 Å². The molecule has 0 saturated carbocycles. The monoisotopic (exact) mass is 332 g/mol. The number of benzene rings is 2. The van der Waals surface area contributed by atoms with Gasteiger partial charge in [-0.05, 0) is 49.6 Å². The van der Waals surface area contributed by atoms with Gasteiger partial charge in [0.15, 0.2) is 0 Å². The zero-order chi connectivity index (χ0) is 17.8. The van der Waals surface area contributed by atoms with Crippen LogP contribution in [0.5, 0.6) is 0 Å². The summed E-state index contributed by atoms with van der Waals surface area (Å²) in [4.78, 5) is 14.6. The summed E-state index contributed by atoms with van der Waals surface area (Å²) in [5.41, 5.74) is 5.26. The van der Waals surface area contributed by atoms with Gasteiger partial charge in [-0.25, -0.2) is 0 Å². The lowest BCUT2D eigenvalue weighted by Gasteiger charge is -2.34. The average Bonchev–Trinajstić information content (AvgIpc) is 3.06. The maximum atomic E-state index is 12.8. The Morgan fingerprint density at radius 3 is 2.44 bits per heavy atom. The Balaban J connectivity index is 1.96. The van der Waals surface area contributed by atoms with Gasteiger partial charge in [0.25, 0.3) is 5.91 Å². The van der Waals surface area contributed by atoms with Crippen LogP contribution in [0.1, 0.15) is 39.9 Å². The Morgan fingerprint density at radius 2 is 1.80 bits per heavy atom. The van der Waals surface area contributed by atoms with Crippen molar-refractivity contribution < 1.29 is 9.32 Å². The third-order valence-electron chi connectivity index (χ3n) is 5.41. The molecule has 1 aliphatic rings. The van der Waals surface area contributed by atoms with Gasteiger partial charge in [0.2, 0.25) is 0 Å². The van der Waals surface area contributed by atoms with Gasteiger partial charge in [-0.3, -0.25) is 4.79 Å². The molecule has 0 aliphatic carbocycles. The van der Waals surface area contributed by atoms with Crippen LogP contribution in [0.4, 0.5) is 0 Å². The molecule has 1 aliphatic heterocycles. The number of carbonyl (C=O) groups excluding carboxylic acids is 1. The average molecular weight is 332 g/mol. The van der Waals surface area contributed by atoms with Crippen LogP contribution in [-0.4, -0.2) is 23.0 Å². The molecule has 126 valence electrons. The van der Waals surface area contributed by atoms with E-state index in [-0.39, 0.29) is 5.91 Å². The second-order valence-electron chi connectivity index (χ2n) is 6.76. The Kier molecular flexibility index (Phi) is 3.32. The van der Waals surface area contributed by atoms with E-state index in [1.165, 1.54) is 0 Å². The summed E-state index contributed by atoms with van der Waals surface area (Å²) in [6.07, 6.45) is 0. The molecule has 2 heterocycles. The van der Waals surface area contributed by atoms with Crippen LogP contribution in [0.3, 0.4) is 0 Å². The Hall–Kier alpha value is -2.88. The van der Waals surface area contributed by atoms with Gasteiger partial charge in [0, 0.05) is 18.2 Å². The zero-order valence-corrected chi connectivity index (χ0v) is 14.8. The van der Waals surface area contributed by atoms with E-state index in [1.54, 1.807) is 0 Å². The van der Waals surface area contributed by atoms with Crippen molar-refractivity contribution in [1.29, 1.82) is 0 Å². The minimum absolute atomic E-state index is 0.0478. The van der Waals surface area contributed by atoms with Crippen LogP contribution < -0.4 is 0 Å². The predicted octanol–water partition coefficient (Wildman–Crippen LogP) is 4.31. The van der Waals surface area contributed by atoms with Gasteiger partial charge >= 0.3 is 0 Å². The fourth-order valence-corrected chi connectivity index (χ4v) is 3.86. The van der Waals surface area contributed by atoms with E-state index >= 15 is 0 Å². The summed E-state index contributed by atoms with van der Waals surface area (Å²) in [5, 5.41) is 4.06. The van der Waals surface area contributed by atoms with Gasteiger partial charge in [0.1, 0.15) is 5.76 Å². The predicted molar refractivity (Wildman–Crippen MR) is 96.4 cm³/mol. The summed E-state index contributed by atoms with van der Waals surface area (Å²) < 4.78 is 5.32. The fourth-order valence-electron chi connectivity index (χ4n) is 3.86. The lowest BCUT2D eigenvalue weighted by atomic mass is 9.83. The smallest absolute Gasteiger partial charge is 0.254 e. The molecule has 1 atom stereocenters.